The molecule has 6 heteroatoms. The molecular weight excluding hydrogens is 338 g/mol. The summed E-state index contributed by atoms with van der Waals surface area (Å²) in [6.45, 7) is 4.63. The fourth-order valence-electron chi connectivity index (χ4n) is 2.69. The number of hydrogen-bond acceptors (Lipinski definition) is 5. The van der Waals surface area contributed by atoms with Crippen LogP contribution in [-0.4, -0.2) is 36.5 Å². The minimum Gasteiger partial charge on any atom is -0.366 e. The number of carbonyl (C=O) groups is 1. The van der Waals surface area contributed by atoms with Crippen LogP contribution in [0.2, 0.25) is 0 Å². The third-order valence-electron chi connectivity index (χ3n) is 4.14. The van der Waals surface area contributed by atoms with Crippen molar-refractivity contribution < 1.29 is 4.79 Å². The number of hydrogen-bond donors (Lipinski definition) is 2. The minimum atomic E-state index is -0.162. The van der Waals surface area contributed by atoms with Crippen molar-refractivity contribution in [1.82, 2.24) is 15.3 Å². The third-order valence-corrected chi connectivity index (χ3v) is 4.14. The lowest BCUT2D eigenvalue weighted by atomic mass is 10.1. The first-order valence-electron chi connectivity index (χ1n) is 8.73. The quantitative estimate of drug-likeness (QED) is 0.632. The summed E-state index contributed by atoms with van der Waals surface area (Å²) in [5.41, 5.74) is 2.62. The lowest BCUT2D eigenvalue weighted by Gasteiger charge is -2.15. The Kier molecular flexibility index (Phi) is 5.66. The monoisotopic (exact) mass is 361 g/mol. The first-order chi connectivity index (χ1) is 13.1. The molecule has 0 bridgehead atoms. The fraction of sp³-hybridized carbons (Fsp3) is 0.190. The van der Waals surface area contributed by atoms with Gasteiger partial charge < -0.3 is 15.5 Å². The van der Waals surface area contributed by atoms with E-state index in [2.05, 4.69) is 39.3 Å². The molecule has 6 nitrogen and oxygen atoms in total. The standard InChI is InChI=1S/C21H23N5O/c1-4-11-22-21(27)15-9-10-19(23-13-15)24-14-16-12-20(26(2)3)25-18-8-6-5-7-17(16)18/h4-10,12-13H,1,11,14H2,2-3H3,(H,22,27)(H,23,24). The van der Waals surface area contributed by atoms with Crippen molar-refractivity contribution in [2.24, 2.45) is 0 Å². The molecule has 0 unspecified atom stereocenters. The van der Waals surface area contributed by atoms with Gasteiger partial charge in [0.25, 0.3) is 5.91 Å². The van der Waals surface area contributed by atoms with Crippen molar-refractivity contribution in [3.8, 4) is 0 Å². The molecule has 0 aliphatic rings. The van der Waals surface area contributed by atoms with Crippen LogP contribution in [0.4, 0.5) is 11.6 Å². The van der Waals surface area contributed by atoms with Crippen LogP contribution in [0.5, 0.6) is 0 Å². The highest BCUT2D eigenvalue weighted by Gasteiger charge is 2.08. The van der Waals surface area contributed by atoms with Crippen molar-refractivity contribution in [3.63, 3.8) is 0 Å². The highest BCUT2D eigenvalue weighted by molar-refractivity contribution is 5.94. The summed E-state index contributed by atoms with van der Waals surface area (Å²) in [7, 11) is 3.96. The van der Waals surface area contributed by atoms with Gasteiger partial charge in [0.2, 0.25) is 0 Å². The highest BCUT2D eigenvalue weighted by atomic mass is 16.1. The number of benzene rings is 1. The Morgan fingerprint density at radius 2 is 2.04 bits per heavy atom. The van der Waals surface area contributed by atoms with Crippen LogP contribution >= 0.6 is 0 Å². The van der Waals surface area contributed by atoms with Gasteiger partial charge in [-0.1, -0.05) is 24.3 Å². The van der Waals surface area contributed by atoms with E-state index in [1.54, 1.807) is 24.4 Å². The normalized spacial score (nSPS) is 10.4. The summed E-state index contributed by atoms with van der Waals surface area (Å²) in [5.74, 6) is 1.46. The molecule has 0 aliphatic heterocycles. The maximum Gasteiger partial charge on any atom is 0.253 e. The smallest absolute Gasteiger partial charge is 0.253 e. The maximum atomic E-state index is 11.9. The van der Waals surface area contributed by atoms with Gasteiger partial charge in [0.15, 0.2) is 0 Å². The summed E-state index contributed by atoms with van der Waals surface area (Å²) in [6, 6.07) is 13.7. The summed E-state index contributed by atoms with van der Waals surface area (Å²) >= 11 is 0. The Labute approximate surface area is 158 Å². The number of rotatable bonds is 7. The van der Waals surface area contributed by atoms with Gasteiger partial charge in [-0.3, -0.25) is 4.79 Å². The van der Waals surface area contributed by atoms with Crippen molar-refractivity contribution >= 4 is 28.4 Å². The lowest BCUT2D eigenvalue weighted by molar-refractivity contribution is 0.0957. The van der Waals surface area contributed by atoms with E-state index in [0.717, 1.165) is 22.3 Å². The molecule has 0 saturated heterocycles. The molecule has 0 atom stereocenters. The average molecular weight is 361 g/mol. The van der Waals surface area contributed by atoms with Crippen molar-refractivity contribution in [2.45, 2.75) is 6.54 Å². The lowest BCUT2D eigenvalue weighted by Crippen LogP contribution is -2.23. The molecule has 0 spiro atoms. The van der Waals surface area contributed by atoms with Gasteiger partial charge >= 0.3 is 0 Å². The van der Waals surface area contributed by atoms with E-state index in [-0.39, 0.29) is 5.91 Å². The molecule has 2 aromatic heterocycles. The molecule has 0 fully saturated rings. The van der Waals surface area contributed by atoms with Gasteiger partial charge in [0.1, 0.15) is 11.6 Å². The molecule has 2 heterocycles. The van der Waals surface area contributed by atoms with Gasteiger partial charge in [-0.05, 0) is 29.8 Å². The Morgan fingerprint density at radius 1 is 1.22 bits per heavy atom. The number of anilines is 2. The molecule has 3 aromatic rings. The Bertz CT molecular complexity index is 950. The van der Waals surface area contributed by atoms with Crippen molar-refractivity contribution in [2.75, 3.05) is 30.9 Å². The Morgan fingerprint density at radius 3 is 2.74 bits per heavy atom. The van der Waals surface area contributed by atoms with Gasteiger partial charge in [-0.15, -0.1) is 6.58 Å². The molecule has 3 rings (SSSR count). The molecule has 2 N–H and O–H groups in total. The molecule has 0 aliphatic carbocycles. The number of amides is 1. The molecule has 1 amide bonds. The zero-order chi connectivity index (χ0) is 19.2. The minimum absolute atomic E-state index is 0.162. The maximum absolute atomic E-state index is 11.9. The van der Waals surface area contributed by atoms with Crippen molar-refractivity contribution in [3.05, 3.63) is 72.4 Å². The van der Waals surface area contributed by atoms with Crippen LogP contribution in [0.25, 0.3) is 10.9 Å². The summed E-state index contributed by atoms with van der Waals surface area (Å²) in [5, 5.41) is 7.16. The molecule has 0 saturated carbocycles. The number of fused-ring (bicyclic) bond motifs is 1. The molecular formula is C21H23N5O. The van der Waals surface area contributed by atoms with Crippen molar-refractivity contribution in [1.29, 1.82) is 0 Å². The van der Waals surface area contributed by atoms with Crippen LogP contribution in [0.3, 0.4) is 0 Å². The van der Waals surface area contributed by atoms with E-state index in [0.29, 0.717) is 24.5 Å². The van der Waals surface area contributed by atoms with Gasteiger partial charge in [0, 0.05) is 38.8 Å². The summed E-state index contributed by atoms with van der Waals surface area (Å²) < 4.78 is 0. The Hall–Kier alpha value is -3.41. The average Bonchev–Trinajstić information content (AvgIpc) is 2.70. The zero-order valence-electron chi connectivity index (χ0n) is 15.6. The molecule has 138 valence electrons. The van der Waals surface area contributed by atoms with Crippen LogP contribution < -0.4 is 15.5 Å². The Balaban J connectivity index is 1.76. The van der Waals surface area contributed by atoms with E-state index in [1.165, 1.54) is 0 Å². The van der Waals surface area contributed by atoms with Gasteiger partial charge in [-0.25, -0.2) is 9.97 Å². The van der Waals surface area contributed by atoms with E-state index in [1.807, 2.05) is 37.2 Å². The number of nitrogens with zero attached hydrogens (tertiary/aromatic N) is 3. The molecule has 0 radical (unpaired) electrons. The molecule has 27 heavy (non-hydrogen) atoms. The number of para-hydroxylation sites is 1. The van der Waals surface area contributed by atoms with Crippen LogP contribution in [-0.2, 0) is 6.54 Å². The number of aromatic nitrogens is 2. The number of pyridine rings is 2. The highest BCUT2D eigenvalue weighted by Crippen LogP contribution is 2.23. The first kappa shape index (κ1) is 18.4. The summed E-state index contributed by atoms with van der Waals surface area (Å²) in [4.78, 5) is 22.9. The SMILES string of the molecule is C=CCNC(=O)c1ccc(NCc2cc(N(C)C)nc3ccccc23)nc1. The van der Waals surface area contributed by atoms with E-state index in [9.17, 15) is 4.79 Å². The second-order valence-electron chi connectivity index (χ2n) is 6.34. The molecule has 1 aromatic carbocycles. The predicted octanol–water partition coefficient (Wildman–Crippen LogP) is 3.22. The van der Waals surface area contributed by atoms with Crippen LogP contribution in [0.15, 0.2) is 61.3 Å². The van der Waals surface area contributed by atoms with Gasteiger partial charge in [0.05, 0.1) is 11.1 Å². The summed E-state index contributed by atoms with van der Waals surface area (Å²) in [6.07, 6.45) is 3.21. The second-order valence-corrected chi connectivity index (χ2v) is 6.34. The largest absolute Gasteiger partial charge is 0.366 e. The number of carbonyl (C=O) groups excluding carboxylic acids is 1. The van der Waals surface area contributed by atoms with E-state index >= 15 is 0 Å². The topological polar surface area (TPSA) is 70.2 Å². The van der Waals surface area contributed by atoms with Crippen LogP contribution in [0, 0.1) is 0 Å². The van der Waals surface area contributed by atoms with Gasteiger partial charge in [-0.2, -0.15) is 0 Å². The van der Waals surface area contributed by atoms with E-state index in [4.69, 9.17) is 0 Å². The third kappa shape index (κ3) is 4.41. The fourth-order valence-corrected chi connectivity index (χ4v) is 2.69. The first-order valence-corrected chi connectivity index (χ1v) is 8.73. The van der Waals surface area contributed by atoms with E-state index < -0.39 is 0 Å². The second kappa shape index (κ2) is 8.31. The predicted molar refractivity (Wildman–Crippen MR) is 110 cm³/mol. The zero-order valence-corrected chi connectivity index (χ0v) is 15.6. The number of nitrogens with one attached hydrogen (secondary N) is 2. The van der Waals surface area contributed by atoms with Crippen LogP contribution in [0.1, 0.15) is 15.9 Å².